The molecule has 0 aliphatic carbocycles. The fourth-order valence-corrected chi connectivity index (χ4v) is 9.59. The average Bonchev–Trinajstić information content (AvgIpc) is 3.77. The molecule has 0 saturated carbocycles. The van der Waals surface area contributed by atoms with Crippen LogP contribution in [0.5, 0.6) is 0 Å². The summed E-state index contributed by atoms with van der Waals surface area (Å²) in [5.74, 6) is 0. The molecular weight excluding hydrogens is 661 g/mol. The molecule has 0 unspecified atom stereocenters. The van der Waals surface area contributed by atoms with Gasteiger partial charge in [0.05, 0.1) is 27.1 Å². The molecule has 2 nitrogen and oxygen atoms in total. The van der Waals surface area contributed by atoms with Crippen LogP contribution in [0.2, 0.25) is 0 Å². The van der Waals surface area contributed by atoms with Gasteiger partial charge in [0.1, 0.15) is 0 Å². The maximum absolute atomic E-state index is 2.49. The molecule has 0 radical (unpaired) electrons. The van der Waals surface area contributed by atoms with Gasteiger partial charge in [-0.1, -0.05) is 133 Å². The second-order valence-electron chi connectivity index (χ2n) is 13.7. The quantitative estimate of drug-likeness (QED) is 0.174. The van der Waals surface area contributed by atoms with Crippen LogP contribution in [0.4, 0.5) is 17.1 Å². The highest BCUT2D eigenvalue weighted by Crippen LogP contribution is 2.49. The molecule has 0 atom stereocenters. The highest BCUT2D eigenvalue weighted by atomic mass is 32.1. The van der Waals surface area contributed by atoms with Crippen LogP contribution >= 0.6 is 11.3 Å². The van der Waals surface area contributed by atoms with Gasteiger partial charge in [0, 0.05) is 37.6 Å². The zero-order valence-corrected chi connectivity index (χ0v) is 29.6. The van der Waals surface area contributed by atoms with Crippen LogP contribution in [0.25, 0.3) is 80.3 Å². The van der Waals surface area contributed by atoms with E-state index in [0.717, 1.165) is 17.1 Å². The predicted molar refractivity (Wildman–Crippen MR) is 229 cm³/mol. The SMILES string of the molecule is c1ccc(-c2cccc(-n3c4cc5ccccc5cc4c4c(N(c5ccccc5)c5cccc6c5sc5ccc7ccccc7c56)cccc43)c2)cc1. The van der Waals surface area contributed by atoms with Crippen molar-refractivity contribution in [3.63, 3.8) is 0 Å². The van der Waals surface area contributed by atoms with Crippen LogP contribution in [-0.4, -0.2) is 4.57 Å². The number of anilines is 3. The Labute approximate surface area is 311 Å². The second kappa shape index (κ2) is 11.9. The molecule has 0 aliphatic rings. The summed E-state index contributed by atoms with van der Waals surface area (Å²) in [5.41, 5.74) is 9.38. The van der Waals surface area contributed by atoms with Crippen molar-refractivity contribution >= 4 is 91.9 Å². The minimum absolute atomic E-state index is 1.13. The van der Waals surface area contributed by atoms with E-state index in [1.165, 1.54) is 80.3 Å². The number of benzene rings is 9. The number of nitrogens with zero attached hydrogens (tertiary/aromatic N) is 2. The first-order valence-corrected chi connectivity index (χ1v) is 18.9. The van der Waals surface area contributed by atoms with Crippen LogP contribution < -0.4 is 4.90 Å². The highest BCUT2D eigenvalue weighted by Gasteiger charge is 2.24. The summed E-state index contributed by atoms with van der Waals surface area (Å²) in [7, 11) is 0. The zero-order chi connectivity index (χ0) is 34.9. The first-order valence-electron chi connectivity index (χ1n) is 18.1. The molecule has 0 amide bonds. The summed E-state index contributed by atoms with van der Waals surface area (Å²) < 4.78 is 5.05. The molecule has 9 aromatic carbocycles. The van der Waals surface area contributed by atoms with Crippen LogP contribution in [-0.2, 0) is 0 Å². The molecule has 2 aromatic heterocycles. The molecule has 53 heavy (non-hydrogen) atoms. The molecule has 0 aliphatic heterocycles. The van der Waals surface area contributed by atoms with Crippen LogP contribution in [0, 0.1) is 0 Å². The van der Waals surface area contributed by atoms with Crippen molar-refractivity contribution in [2.75, 3.05) is 4.90 Å². The topological polar surface area (TPSA) is 8.17 Å². The Kier molecular flexibility index (Phi) is 6.76. The fourth-order valence-electron chi connectivity index (χ4n) is 8.37. The third-order valence-electron chi connectivity index (χ3n) is 10.7. The van der Waals surface area contributed by atoms with E-state index in [0.29, 0.717) is 0 Å². The molecule has 0 saturated heterocycles. The Morgan fingerprint density at radius 3 is 1.91 bits per heavy atom. The molecular formula is C50H32N2S. The molecule has 0 spiro atoms. The Morgan fingerprint density at radius 2 is 1.06 bits per heavy atom. The normalized spacial score (nSPS) is 11.8. The van der Waals surface area contributed by atoms with Crippen LogP contribution in [0.15, 0.2) is 194 Å². The molecule has 0 bridgehead atoms. The summed E-state index contributed by atoms with van der Waals surface area (Å²) in [6.45, 7) is 0. The molecule has 0 fully saturated rings. The second-order valence-corrected chi connectivity index (χ2v) is 14.8. The van der Waals surface area contributed by atoms with E-state index in [9.17, 15) is 0 Å². The Bertz CT molecular complexity index is 3170. The molecule has 11 aromatic rings. The van der Waals surface area contributed by atoms with Crippen molar-refractivity contribution in [3.05, 3.63) is 194 Å². The maximum atomic E-state index is 2.49. The Morgan fingerprint density at radius 1 is 0.396 bits per heavy atom. The van der Waals surface area contributed by atoms with E-state index in [-0.39, 0.29) is 0 Å². The van der Waals surface area contributed by atoms with Crippen molar-refractivity contribution < 1.29 is 0 Å². The fraction of sp³-hybridized carbons (Fsp3) is 0. The number of fused-ring (bicyclic) bond motifs is 9. The van der Waals surface area contributed by atoms with Crippen molar-refractivity contribution in [2.24, 2.45) is 0 Å². The van der Waals surface area contributed by atoms with Gasteiger partial charge < -0.3 is 9.47 Å². The summed E-state index contributed by atoms with van der Waals surface area (Å²) in [6.07, 6.45) is 0. The van der Waals surface area contributed by atoms with Crippen molar-refractivity contribution in [3.8, 4) is 16.8 Å². The standard InChI is InChI=1S/C50H32N2S/c1-3-14-33(15-4-1)35-19-11-22-39(30-35)52-44-26-13-25-43(49(44)42-31-36-17-7-8-18-37(36)32-46(42)52)51(38-20-5-2-6-21-38)45-27-12-24-41-48-40-23-10-9-16-34(40)28-29-47(48)53-50(41)45/h1-32H. The van der Waals surface area contributed by atoms with Gasteiger partial charge in [-0.25, -0.2) is 0 Å². The van der Waals surface area contributed by atoms with Gasteiger partial charge in [-0.2, -0.15) is 0 Å². The Balaban J connectivity index is 1.24. The van der Waals surface area contributed by atoms with E-state index in [1.807, 2.05) is 11.3 Å². The summed E-state index contributed by atoms with van der Waals surface area (Å²) in [4.78, 5) is 2.49. The lowest BCUT2D eigenvalue weighted by Crippen LogP contribution is -2.10. The monoisotopic (exact) mass is 692 g/mol. The highest BCUT2D eigenvalue weighted by molar-refractivity contribution is 7.26. The van der Waals surface area contributed by atoms with Gasteiger partial charge in [-0.3, -0.25) is 0 Å². The number of para-hydroxylation sites is 1. The van der Waals surface area contributed by atoms with Gasteiger partial charge in [0.2, 0.25) is 0 Å². The number of rotatable bonds is 5. The largest absolute Gasteiger partial charge is 0.309 e. The molecule has 248 valence electrons. The minimum Gasteiger partial charge on any atom is -0.309 e. The summed E-state index contributed by atoms with van der Waals surface area (Å²) in [6, 6.07) is 70.9. The van der Waals surface area contributed by atoms with Crippen LogP contribution in [0.1, 0.15) is 0 Å². The van der Waals surface area contributed by atoms with E-state index in [4.69, 9.17) is 0 Å². The molecule has 11 rings (SSSR count). The number of aromatic nitrogens is 1. The number of hydrogen-bond donors (Lipinski definition) is 0. The molecule has 2 heterocycles. The van der Waals surface area contributed by atoms with Crippen LogP contribution in [0.3, 0.4) is 0 Å². The molecule has 3 heteroatoms. The molecule has 0 N–H and O–H groups in total. The van der Waals surface area contributed by atoms with E-state index in [1.54, 1.807) is 0 Å². The van der Waals surface area contributed by atoms with Crippen molar-refractivity contribution in [1.29, 1.82) is 0 Å². The number of hydrogen-bond acceptors (Lipinski definition) is 2. The lowest BCUT2D eigenvalue weighted by atomic mass is 10.0. The zero-order valence-electron chi connectivity index (χ0n) is 28.8. The van der Waals surface area contributed by atoms with E-state index in [2.05, 4.69) is 204 Å². The lowest BCUT2D eigenvalue weighted by molar-refractivity contribution is 1.18. The van der Waals surface area contributed by atoms with Gasteiger partial charge in [-0.05, 0) is 93.3 Å². The summed E-state index contributed by atoms with van der Waals surface area (Å²) in [5, 5.41) is 10.1. The van der Waals surface area contributed by atoms with Crippen molar-refractivity contribution in [2.45, 2.75) is 0 Å². The third kappa shape index (κ3) is 4.71. The first kappa shape index (κ1) is 30.0. The smallest absolute Gasteiger partial charge is 0.0640 e. The average molecular weight is 693 g/mol. The first-order chi connectivity index (χ1) is 26.3. The van der Waals surface area contributed by atoms with Crippen molar-refractivity contribution in [1.82, 2.24) is 4.57 Å². The van der Waals surface area contributed by atoms with Gasteiger partial charge in [0.15, 0.2) is 0 Å². The lowest BCUT2D eigenvalue weighted by Gasteiger charge is -2.27. The number of thiophene rings is 1. The summed E-state index contributed by atoms with van der Waals surface area (Å²) >= 11 is 1.89. The minimum atomic E-state index is 1.13. The van der Waals surface area contributed by atoms with Gasteiger partial charge >= 0.3 is 0 Å². The van der Waals surface area contributed by atoms with E-state index < -0.39 is 0 Å². The van der Waals surface area contributed by atoms with Gasteiger partial charge in [-0.15, -0.1) is 11.3 Å². The van der Waals surface area contributed by atoms with Gasteiger partial charge in [0.25, 0.3) is 0 Å². The maximum Gasteiger partial charge on any atom is 0.0640 e. The van der Waals surface area contributed by atoms with E-state index >= 15 is 0 Å². The predicted octanol–water partition coefficient (Wildman–Crippen LogP) is 14.6. The third-order valence-corrected chi connectivity index (χ3v) is 11.9. The Hall–Kier alpha value is -6.68.